The lowest BCUT2D eigenvalue weighted by molar-refractivity contribution is 0.232. The normalized spacial score (nSPS) is 16.7. The van der Waals surface area contributed by atoms with Crippen LogP contribution in [-0.4, -0.2) is 44.2 Å². The SMILES string of the molecule is [c]1ccc(OCCCCCN2CCNCC2)cc1. The number of benzene rings is 1. The second-order valence-corrected chi connectivity index (χ2v) is 4.74. The lowest BCUT2D eigenvalue weighted by atomic mass is 10.2. The largest absolute Gasteiger partial charge is 0.494 e. The molecule has 0 aliphatic carbocycles. The van der Waals surface area contributed by atoms with Gasteiger partial charge in [0, 0.05) is 26.2 Å². The molecule has 1 aliphatic heterocycles. The fourth-order valence-corrected chi connectivity index (χ4v) is 2.21. The molecule has 2 rings (SSSR count). The van der Waals surface area contributed by atoms with Gasteiger partial charge in [0.05, 0.1) is 6.61 Å². The zero-order valence-corrected chi connectivity index (χ0v) is 11.0. The van der Waals surface area contributed by atoms with E-state index in [-0.39, 0.29) is 0 Å². The molecule has 1 aromatic rings. The molecule has 3 heteroatoms. The van der Waals surface area contributed by atoms with Crippen molar-refractivity contribution in [2.45, 2.75) is 19.3 Å². The quantitative estimate of drug-likeness (QED) is 0.745. The maximum atomic E-state index is 5.65. The van der Waals surface area contributed by atoms with E-state index >= 15 is 0 Å². The Bertz CT molecular complexity index is 310. The summed E-state index contributed by atoms with van der Waals surface area (Å²) in [7, 11) is 0. The van der Waals surface area contributed by atoms with E-state index < -0.39 is 0 Å². The molecule has 18 heavy (non-hydrogen) atoms. The van der Waals surface area contributed by atoms with Crippen LogP contribution in [0.4, 0.5) is 0 Å². The van der Waals surface area contributed by atoms with Crippen molar-refractivity contribution in [1.82, 2.24) is 10.2 Å². The predicted octanol–water partition coefficient (Wildman–Crippen LogP) is 1.94. The van der Waals surface area contributed by atoms with E-state index in [1.807, 2.05) is 24.3 Å². The van der Waals surface area contributed by atoms with Crippen LogP contribution in [0.25, 0.3) is 0 Å². The molecule has 3 nitrogen and oxygen atoms in total. The molecule has 1 saturated heterocycles. The second kappa shape index (κ2) is 8.11. The number of rotatable bonds is 7. The molecule has 0 atom stereocenters. The Hall–Kier alpha value is -1.06. The third-order valence-corrected chi connectivity index (χ3v) is 3.28. The number of nitrogens with one attached hydrogen (secondary N) is 1. The Balaban J connectivity index is 1.46. The number of piperazine rings is 1. The number of ether oxygens (including phenoxy) is 1. The van der Waals surface area contributed by atoms with Gasteiger partial charge in [0.2, 0.25) is 0 Å². The monoisotopic (exact) mass is 247 g/mol. The number of hydrogen-bond acceptors (Lipinski definition) is 3. The van der Waals surface area contributed by atoms with E-state index in [1.165, 1.54) is 32.5 Å². The molecule has 0 unspecified atom stereocenters. The van der Waals surface area contributed by atoms with E-state index in [0.717, 1.165) is 31.9 Å². The third-order valence-electron chi connectivity index (χ3n) is 3.28. The van der Waals surface area contributed by atoms with Gasteiger partial charge in [0.25, 0.3) is 0 Å². The van der Waals surface area contributed by atoms with Crippen molar-refractivity contribution in [2.24, 2.45) is 0 Å². The molecule has 1 aliphatic rings. The van der Waals surface area contributed by atoms with Crippen LogP contribution in [0, 0.1) is 6.07 Å². The first kappa shape index (κ1) is 13.4. The highest BCUT2D eigenvalue weighted by Gasteiger charge is 2.07. The summed E-state index contributed by atoms with van der Waals surface area (Å²) >= 11 is 0. The molecule has 1 heterocycles. The topological polar surface area (TPSA) is 24.5 Å². The maximum Gasteiger partial charge on any atom is 0.119 e. The molecular weight excluding hydrogens is 224 g/mol. The minimum absolute atomic E-state index is 0.825. The highest BCUT2D eigenvalue weighted by molar-refractivity contribution is 5.20. The van der Waals surface area contributed by atoms with Gasteiger partial charge in [-0.2, -0.15) is 0 Å². The van der Waals surface area contributed by atoms with Gasteiger partial charge in [-0.3, -0.25) is 0 Å². The van der Waals surface area contributed by atoms with E-state index in [2.05, 4.69) is 16.3 Å². The van der Waals surface area contributed by atoms with Crippen molar-refractivity contribution in [3.05, 3.63) is 30.3 Å². The van der Waals surface area contributed by atoms with Gasteiger partial charge in [0.15, 0.2) is 0 Å². The molecule has 0 spiro atoms. The molecule has 0 bridgehead atoms. The van der Waals surface area contributed by atoms with Crippen LogP contribution in [0.15, 0.2) is 24.3 Å². The van der Waals surface area contributed by atoms with Crippen molar-refractivity contribution in [3.8, 4) is 5.75 Å². The fourth-order valence-electron chi connectivity index (χ4n) is 2.21. The summed E-state index contributed by atoms with van der Waals surface area (Å²) in [4.78, 5) is 2.55. The Kier molecular flexibility index (Phi) is 6.03. The van der Waals surface area contributed by atoms with Crippen LogP contribution < -0.4 is 10.1 Å². The van der Waals surface area contributed by atoms with Crippen molar-refractivity contribution in [1.29, 1.82) is 0 Å². The average Bonchev–Trinajstić information content (AvgIpc) is 2.45. The Labute approximate surface area is 110 Å². The van der Waals surface area contributed by atoms with Gasteiger partial charge in [-0.05, 0) is 44.0 Å². The standard InChI is InChI=1S/C15H23N2O/c1-3-7-15(8-4-1)18-14-6-2-5-11-17-12-9-16-10-13-17/h3-4,7-8,16H,2,5-6,9-14H2. The van der Waals surface area contributed by atoms with Gasteiger partial charge in [-0.1, -0.05) is 12.1 Å². The summed E-state index contributed by atoms with van der Waals surface area (Å²) in [5.74, 6) is 0.954. The average molecular weight is 247 g/mol. The van der Waals surface area contributed by atoms with Crippen LogP contribution in [-0.2, 0) is 0 Å². The van der Waals surface area contributed by atoms with E-state index in [0.29, 0.717) is 0 Å². The number of nitrogens with zero attached hydrogens (tertiary/aromatic N) is 1. The van der Waals surface area contributed by atoms with Crippen LogP contribution >= 0.6 is 0 Å². The maximum absolute atomic E-state index is 5.65. The third kappa shape index (κ3) is 5.07. The molecule has 1 fully saturated rings. The highest BCUT2D eigenvalue weighted by atomic mass is 16.5. The summed E-state index contributed by atoms with van der Waals surface area (Å²) in [5.41, 5.74) is 0. The minimum atomic E-state index is 0.825. The van der Waals surface area contributed by atoms with E-state index in [9.17, 15) is 0 Å². The van der Waals surface area contributed by atoms with Crippen molar-refractivity contribution >= 4 is 0 Å². The lowest BCUT2D eigenvalue weighted by Gasteiger charge is -2.26. The number of unbranched alkanes of at least 4 members (excludes halogenated alkanes) is 2. The van der Waals surface area contributed by atoms with Gasteiger partial charge >= 0.3 is 0 Å². The van der Waals surface area contributed by atoms with Crippen molar-refractivity contribution < 1.29 is 4.74 Å². The molecular formula is C15H23N2O. The first-order chi connectivity index (χ1) is 8.95. The van der Waals surface area contributed by atoms with E-state index in [4.69, 9.17) is 4.74 Å². The molecule has 0 aromatic heterocycles. The van der Waals surface area contributed by atoms with Crippen molar-refractivity contribution in [2.75, 3.05) is 39.3 Å². The van der Waals surface area contributed by atoms with Gasteiger partial charge in [0.1, 0.15) is 5.75 Å². The van der Waals surface area contributed by atoms with Crippen LogP contribution in [0.2, 0.25) is 0 Å². The zero-order valence-electron chi connectivity index (χ0n) is 11.0. The summed E-state index contributed by atoms with van der Waals surface area (Å²) in [6.45, 7) is 6.77. The molecule has 99 valence electrons. The zero-order chi connectivity index (χ0) is 12.5. The van der Waals surface area contributed by atoms with Gasteiger partial charge < -0.3 is 15.0 Å². The summed E-state index contributed by atoms with van der Waals surface area (Å²) in [6, 6.07) is 10.7. The number of hydrogen-bond donors (Lipinski definition) is 1. The smallest absolute Gasteiger partial charge is 0.119 e. The Morgan fingerprint density at radius 3 is 2.67 bits per heavy atom. The molecule has 1 aromatic carbocycles. The molecule has 0 saturated carbocycles. The second-order valence-electron chi connectivity index (χ2n) is 4.74. The molecule has 1 N–H and O–H groups in total. The molecule has 0 amide bonds. The highest BCUT2D eigenvalue weighted by Crippen LogP contribution is 2.09. The fraction of sp³-hybridized carbons (Fsp3) is 0.600. The van der Waals surface area contributed by atoms with Crippen LogP contribution in [0.1, 0.15) is 19.3 Å². The van der Waals surface area contributed by atoms with E-state index in [1.54, 1.807) is 0 Å². The summed E-state index contributed by atoms with van der Waals surface area (Å²) in [5, 5.41) is 3.38. The first-order valence-electron chi connectivity index (χ1n) is 6.97. The van der Waals surface area contributed by atoms with Gasteiger partial charge in [-0.15, -0.1) is 0 Å². The first-order valence-corrected chi connectivity index (χ1v) is 6.97. The van der Waals surface area contributed by atoms with Gasteiger partial charge in [-0.25, -0.2) is 0 Å². The Morgan fingerprint density at radius 1 is 1.11 bits per heavy atom. The predicted molar refractivity (Wildman–Crippen MR) is 73.9 cm³/mol. The minimum Gasteiger partial charge on any atom is -0.494 e. The van der Waals surface area contributed by atoms with Crippen LogP contribution in [0.3, 0.4) is 0 Å². The summed E-state index contributed by atoms with van der Waals surface area (Å²) in [6.07, 6.45) is 3.68. The van der Waals surface area contributed by atoms with Crippen molar-refractivity contribution in [3.63, 3.8) is 0 Å². The lowest BCUT2D eigenvalue weighted by Crippen LogP contribution is -2.43. The summed E-state index contributed by atoms with van der Waals surface area (Å²) < 4.78 is 5.65. The Morgan fingerprint density at radius 2 is 1.89 bits per heavy atom. The molecule has 1 radical (unpaired) electrons. The van der Waals surface area contributed by atoms with Crippen LogP contribution in [0.5, 0.6) is 5.75 Å².